The number of ketones is 1. The van der Waals surface area contributed by atoms with Gasteiger partial charge in [0.2, 0.25) is 5.95 Å². The van der Waals surface area contributed by atoms with Gasteiger partial charge in [0.1, 0.15) is 11.6 Å². The SMILES string of the molecule is C#Cc1cnc(NCCC2C(=O)Cc3ccc(CC)cc32)nc1N[C@@H]1C[C@H](O)C1(C)C. The third-order valence-corrected chi connectivity index (χ3v) is 6.93. The van der Waals surface area contributed by atoms with E-state index >= 15 is 0 Å². The Morgan fingerprint density at radius 1 is 1.35 bits per heavy atom. The Hall–Kier alpha value is -2.91. The minimum absolute atomic E-state index is 0.0751. The largest absolute Gasteiger partial charge is 0.392 e. The number of Topliss-reactive ketones (excluding diaryl/α,β-unsaturated/α-hetero) is 1. The molecule has 162 valence electrons. The van der Waals surface area contributed by atoms with Crippen LogP contribution in [-0.2, 0) is 17.6 Å². The molecule has 0 spiro atoms. The Morgan fingerprint density at radius 2 is 2.16 bits per heavy atom. The number of hydrogen-bond acceptors (Lipinski definition) is 6. The molecule has 0 amide bonds. The van der Waals surface area contributed by atoms with Crippen LogP contribution in [-0.4, -0.2) is 39.5 Å². The molecule has 1 fully saturated rings. The summed E-state index contributed by atoms with van der Waals surface area (Å²) in [6.45, 7) is 6.77. The summed E-state index contributed by atoms with van der Waals surface area (Å²) >= 11 is 0. The number of nitrogens with one attached hydrogen (secondary N) is 2. The van der Waals surface area contributed by atoms with Crippen LogP contribution in [0.1, 0.15) is 61.8 Å². The standard InChI is InChI=1S/C25H30N4O2/c1-5-15-7-8-17-12-20(30)18(19(17)11-15)9-10-26-24-27-14-16(6-2)23(29-24)28-21-13-22(31)25(21,3)4/h2,7-8,11,14,18,21-22,31H,5,9-10,12-13H2,1,3-4H3,(H2,26,27,28,29)/t18?,21-,22+/m1/s1. The summed E-state index contributed by atoms with van der Waals surface area (Å²) in [7, 11) is 0. The first-order valence-corrected chi connectivity index (χ1v) is 11.0. The van der Waals surface area contributed by atoms with Gasteiger partial charge in [0.25, 0.3) is 0 Å². The lowest BCUT2D eigenvalue weighted by molar-refractivity contribution is -0.119. The van der Waals surface area contributed by atoms with Crippen LogP contribution in [0.15, 0.2) is 24.4 Å². The number of hydrogen-bond donors (Lipinski definition) is 3. The first-order chi connectivity index (χ1) is 14.8. The maximum Gasteiger partial charge on any atom is 0.224 e. The molecule has 1 saturated carbocycles. The number of aromatic nitrogens is 2. The molecule has 0 saturated heterocycles. The molecule has 4 rings (SSSR count). The van der Waals surface area contributed by atoms with Gasteiger partial charge >= 0.3 is 0 Å². The summed E-state index contributed by atoms with van der Waals surface area (Å²) in [5, 5.41) is 16.6. The maximum absolute atomic E-state index is 12.5. The molecule has 3 N–H and O–H groups in total. The van der Waals surface area contributed by atoms with Crippen molar-refractivity contribution in [1.82, 2.24) is 9.97 Å². The first kappa shape index (κ1) is 21.3. The molecule has 3 atom stereocenters. The molecular formula is C25H30N4O2. The Morgan fingerprint density at radius 3 is 2.84 bits per heavy atom. The van der Waals surface area contributed by atoms with E-state index in [0.29, 0.717) is 43.1 Å². The van der Waals surface area contributed by atoms with Crippen molar-refractivity contribution in [2.24, 2.45) is 5.41 Å². The van der Waals surface area contributed by atoms with Crippen molar-refractivity contribution in [1.29, 1.82) is 0 Å². The van der Waals surface area contributed by atoms with Crippen LogP contribution in [0.2, 0.25) is 0 Å². The highest BCUT2D eigenvalue weighted by Gasteiger charge is 2.47. The van der Waals surface area contributed by atoms with E-state index in [1.54, 1.807) is 6.20 Å². The highest BCUT2D eigenvalue weighted by atomic mass is 16.3. The second kappa shape index (κ2) is 8.32. The van der Waals surface area contributed by atoms with Crippen molar-refractivity contribution in [2.45, 2.75) is 64.5 Å². The van der Waals surface area contributed by atoms with Gasteiger partial charge in [-0.25, -0.2) is 4.98 Å². The number of aliphatic hydroxyl groups excluding tert-OH is 1. The predicted octanol–water partition coefficient (Wildman–Crippen LogP) is 3.30. The normalized spacial score (nSPS) is 23.6. The maximum atomic E-state index is 12.5. The number of fused-ring (bicyclic) bond motifs is 1. The van der Waals surface area contributed by atoms with Gasteiger partial charge in [-0.15, -0.1) is 6.42 Å². The third-order valence-electron chi connectivity index (χ3n) is 6.93. The fourth-order valence-corrected chi connectivity index (χ4v) is 4.47. The van der Waals surface area contributed by atoms with E-state index in [4.69, 9.17) is 6.42 Å². The van der Waals surface area contributed by atoms with E-state index in [-0.39, 0.29) is 29.3 Å². The van der Waals surface area contributed by atoms with E-state index in [0.717, 1.165) is 12.0 Å². The van der Waals surface area contributed by atoms with Crippen LogP contribution in [0.4, 0.5) is 11.8 Å². The van der Waals surface area contributed by atoms with E-state index in [2.05, 4.69) is 51.6 Å². The monoisotopic (exact) mass is 418 g/mol. The molecule has 2 aliphatic carbocycles. The van der Waals surface area contributed by atoms with E-state index in [1.165, 1.54) is 11.1 Å². The Labute approximate surface area is 183 Å². The van der Waals surface area contributed by atoms with Gasteiger partial charge in [0.05, 0.1) is 17.9 Å². The van der Waals surface area contributed by atoms with Gasteiger partial charge in [0.15, 0.2) is 0 Å². The van der Waals surface area contributed by atoms with E-state index in [9.17, 15) is 9.90 Å². The minimum Gasteiger partial charge on any atom is -0.392 e. The molecule has 1 unspecified atom stereocenters. The Balaban J connectivity index is 1.42. The average Bonchev–Trinajstić information content (AvgIpc) is 3.08. The molecule has 0 bridgehead atoms. The summed E-state index contributed by atoms with van der Waals surface area (Å²) in [4.78, 5) is 21.4. The van der Waals surface area contributed by atoms with Crippen molar-refractivity contribution >= 4 is 17.5 Å². The fraction of sp³-hybridized carbons (Fsp3) is 0.480. The number of nitrogens with zero attached hydrogens (tertiary/aromatic N) is 2. The third kappa shape index (κ3) is 4.03. The van der Waals surface area contributed by atoms with Crippen molar-refractivity contribution in [3.8, 4) is 12.3 Å². The van der Waals surface area contributed by atoms with Crippen LogP contribution in [0.3, 0.4) is 0 Å². The summed E-state index contributed by atoms with van der Waals surface area (Å²) in [5.41, 5.74) is 3.94. The molecule has 2 aliphatic rings. The zero-order valence-electron chi connectivity index (χ0n) is 18.4. The zero-order chi connectivity index (χ0) is 22.2. The van der Waals surface area contributed by atoms with Gasteiger partial charge < -0.3 is 15.7 Å². The number of anilines is 2. The second-order valence-electron chi connectivity index (χ2n) is 9.17. The molecule has 0 radical (unpaired) electrons. The summed E-state index contributed by atoms with van der Waals surface area (Å²) in [6.07, 6.45) is 9.76. The van der Waals surface area contributed by atoms with Gasteiger partial charge in [0, 0.05) is 30.3 Å². The quantitative estimate of drug-likeness (QED) is 0.598. The van der Waals surface area contributed by atoms with Crippen LogP contribution in [0.5, 0.6) is 0 Å². The second-order valence-corrected chi connectivity index (χ2v) is 9.17. The highest BCUT2D eigenvalue weighted by Crippen LogP contribution is 2.42. The fourth-order valence-electron chi connectivity index (χ4n) is 4.47. The lowest BCUT2D eigenvalue weighted by atomic mass is 9.64. The van der Waals surface area contributed by atoms with Crippen LogP contribution in [0.25, 0.3) is 0 Å². The minimum atomic E-state index is -0.334. The smallest absolute Gasteiger partial charge is 0.224 e. The van der Waals surface area contributed by atoms with Gasteiger partial charge in [-0.05, 0) is 36.0 Å². The molecule has 1 heterocycles. The van der Waals surface area contributed by atoms with Gasteiger partial charge in [-0.1, -0.05) is 44.9 Å². The Kier molecular flexibility index (Phi) is 5.72. The highest BCUT2D eigenvalue weighted by molar-refractivity contribution is 5.92. The number of carbonyl (C=O) groups excluding carboxylic acids is 1. The number of aliphatic hydroxyl groups is 1. The van der Waals surface area contributed by atoms with Crippen molar-refractivity contribution in [3.05, 3.63) is 46.6 Å². The molecule has 6 nitrogen and oxygen atoms in total. The lowest BCUT2D eigenvalue weighted by Crippen LogP contribution is -2.57. The van der Waals surface area contributed by atoms with Crippen molar-refractivity contribution in [3.63, 3.8) is 0 Å². The summed E-state index contributed by atoms with van der Waals surface area (Å²) in [6, 6.07) is 6.49. The average molecular weight is 419 g/mol. The number of terminal acetylenes is 1. The molecule has 2 aromatic rings. The van der Waals surface area contributed by atoms with E-state index in [1.807, 2.05) is 13.8 Å². The van der Waals surface area contributed by atoms with Gasteiger partial charge in [-0.3, -0.25) is 4.79 Å². The number of benzene rings is 1. The molecule has 6 heteroatoms. The summed E-state index contributed by atoms with van der Waals surface area (Å²) in [5.74, 6) is 3.90. The lowest BCUT2D eigenvalue weighted by Gasteiger charge is -2.49. The van der Waals surface area contributed by atoms with Crippen LogP contribution in [0, 0.1) is 17.8 Å². The van der Waals surface area contributed by atoms with E-state index < -0.39 is 0 Å². The molecule has 0 aliphatic heterocycles. The number of rotatable bonds is 7. The first-order valence-electron chi connectivity index (χ1n) is 11.0. The molecule has 1 aromatic carbocycles. The topological polar surface area (TPSA) is 87.1 Å². The molecular weight excluding hydrogens is 388 g/mol. The van der Waals surface area contributed by atoms with Gasteiger partial charge in [-0.2, -0.15) is 4.98 Å². The number of carbonyl (C=O) groups is 1. The molecule has 31 heavy (non-hydrogen) atoms. The predicted molar refractivity (Wildman–Crippen MR) is 122 cm³/mol. The Bertz CT molecular complexity index is 1040. The summed E-state index contributed by atoms with van der Waals surface area (Å²) < 4.78 is 0. The zero-order valence-corrected chi connectivity index (χ0v) is 18.4. The van der Waals surface area contributed by atoms with Crippen molar-refractivity contribution < 1.29 is 9.90 Å². The molecule has 1 aromatic heterocycles. The number of aryl methyl sites for hydroxylation is 1. The van der Waals surface area contributed by atoms with Crippen LogP contribution >= 0.6 is 0 Å². The van der Waals surface area contributed by atoms with Crippen LogP contribution < -0.4 is 10.6 Å². The van der Waals surface area contributed by atoms with Crippen molar-refractivity contribution in [2.75, 3.05) is 17.2 Å².